The second kappa shape index (κ2) is 5.29. The molecule has 0 bridgehead atoms. The minimum atomic E-state index is -3.59. The van der Waals surface area contributed by atoms with E-state index in [1.54, 1.807) is 12.1 Å². The van der Waals surface area contributed by atoms with Gasteiger partial charge in [0.1, 0.15) is 6.54 Å². The molecule has 0 aromatic heterocycles. The van der Waals surface area contributed by atoms with Crippen LogP contribution in [0.1, 0.15) is 16.7 Å². The molecule has 0 spiro atoms. The molecule has 0 atom stereocenters. The Kier molecular flexibility index (Phi) is 4.25. The topological polar surface area (TPSA) is 83.5 Å². The van der Waals surface area contributed by atoms with Crippen molar-refractivity contribution in [2.45, 2.75) is 19.6 Å². The lowest BCUT2D eigenvalue weighted by atomic mass is 10.1. The zero-order chi connectivity index (χ0) is 13.1. The van der Waals surface area contributed by atoms with Gasteiger partial charge in [0.05, 0.1) is 5.75 Å². The van der Waals surface area contributed by atoms with Crippen molar-refractivity contribution in [1.29, 1.82) is 0 Å². The number of carboxylic acids is 1. The maximum Gasteiger partial charge on any atom is 0.318 e. The lowest BCUT2D eigenvalue weighted by molar-refractivity contribution is -0.135. The summed E-state index contributed by atoms with van der Waals surface area (Å²) in [7, 11) is -3.59. The highest BCUT2D eigenvalue weighted by atomic mass is 32.2. The van der Waals surface area contributed by atoms with Gasteiger partial charge in [-0.1, -0.05) is 18.2 Å². The third kappa shape index (κ3) is 4.54. The van der Waals surface area contributed by atoms with E-state index in [2.05, 4.69) is 0 Å². The Bertz CT molecular complexity index is 522. The van der Waals surface area contributed by atoms with Crippen LogP contribution in [0.25, 0.3) is 0 Å². The molecular formula is C11H15NO4S. The zero-order valence-corrected chi connectivity index (χ0v) is 10.5. The monoisotopic (exact) mass is 257 g/mol. The second-order valence-electron chi connectivity index (χ2n) is 3.89. The largest absolute Gasteiger partial charge is 0.480 e. The van der Waals surface area contributed by atoms with Crippen LogP contribution in [0.2, 0.25) is 0 Å². The first-order chi connectivity index (χ1) is 7.80. The van der Waals surface area contributed by atoms with Crippen LogP contribution < -0.4 is 4.72 Å². The lowest BCUT2D eigenvalue weighted by Crippen LogP contribution is -2.30. The minimum Gasteiger partial charge on any atom is -0.480 e. The molecule has 0 heterocycles. The van der Waals surface area contributed by atoms with E-state index in [0.717, 1.165) is 11.1 Å². The number of benzene rings is 1. The third-order valence-corrected chi connectivity index (χ3v) is 3.67. The first-order valence-electron chi connectivity index (χ1n) is 5.05. The SMILES string of the molecule is Cc1ccc(CS(=O)(=O)NCC(=O)O)cc1C. The van der Waals surface area contributed by atoms with Crippen molar-refractivity contribution in [3.63, 3.8) is 0 Å². The van der Waals surface area contributed by atoms with Crippen molar-refractivity contribution in [3.8, 4) is 0 Å². The fourth-order valence-electron chi connectivity index (χ4n) is 1.34. The van der Waals surface area contributed by atoms with Crippen molar-refractivity contribution in [2.24, 2.45) is 0 Å². The van der Waals surface area contributed by atoms with Gasteiger partial charge >= 0.3 is 5.97 Å². The van der Waals surface area contributed by atoms with Gasteiger partial charge in [0.15, 0.2) is 0 Å². The van der Waals surface area contributed by atoms with Gasteiger partial charge in [0, 0.05) is 0 Å². The maximum atomic E-state index is 11.5. The van der Waals surface area contributed by atoms with Gasteiger partial charge in [0.25, 0.3) is 0 Å². The molecule has 0 fully saturated rings. The van der Waals surface area contributed by atoms with Crippen molar-refractivity contribution in [1.82, 2.24) is 4.72 Å². The number of carbonyl (C=O) groups is 1. The highest BCUT2D eigenvalue weighted by Crippen LogP contribution is 2.11. The molecule has 6 heteroatoms. The molecule has 1 aromatic carbocycles. The van der Waals surface area contributed by atoms with Crippen LogP contribution in [0, 0.1) is 13.8 Å². The summed E-state index contributed by atoms with van der Waals surface area (Å²) in [6, 6.07) is 5.36. The number of nitrogens with one attached hydrogen (secondary N) is 1. The Morgan fingerprint density at radius 2 is 1.94 bits per heavy atom. The Morgan fingerprint density at radius 1 is 1.29 bits per heavy atom. The third-order valence-electron chi connectivity index (χ3n) is 2.37. The number of hydrogen-bond donors (Lipinski definition) is 2. The van der Waals surface area contributed by atoms with Crippen molar-refractivity contribution in [2.75, 3.05) is 6.54 Å². The minimum absolute atomic E-state index is 0.207. The average Bonchev–Trinajstić information content (AvgIpc) is 2.21. The predicted octanol–water partition coefficient (Wildman–Crippen LogP) is 0.807. The molecule has 0 saturated carbocycles. The summed E-state index contributed by atoms with van der Waals surface area (Å²) in [6.07, 6.45) is 0. The molecule has 5 nitrogen and oxygen atoms in total. The Morgan fingerprint density at radius 3 is 2.47 bits per heavy atom. The number of sulfonamides is 1. The molecule has 1 rings (SSSR count). The molecule has 0 aliphatic rings. The number of aliphatic carboxylic acids is 1. The summed E-state index contributed by atoms with van der Waals surface area (Å²) in [5.41, 5.74) is 2.74. The highest BCUT2D eigenvalue weighted by molar-refractivity contribution is 7.88. The van der Waals surface area contributed by atoms with Crippen molar-refractivity contribution < 1.29 is 18.3 Å². The molecule has 1 aromatic rings. The molecule has 0 radical (unpaired) electrons. The summed E-state index contributed by atoms with van der Waals surface area (Å²) in [6.45, 7) is 3.25. The number of aryl methyl sites for hydroxylation is 2. The summed E-state index contributed by atoms with van der Waals surface area (Å²) in [4.78, 5) is 10.3. The second-order valence-corrected chi connectivity index (χ2v) is 5.70. The van der Waals surface area contributed by atoms with Crippen LogP contribution in [0.4, 0.5) is 0 Å². The van der Waals surface area contributed by atoms with Crippen LogP contribution in [-0.2, 0) is 20.6 Å². The van der Waals surface area contributed by atoms with E-state index >= 15 is 0 Å². The number of rotatable bonds is 5. The first-order valence-corrected chi connectivity index (χ1v) is 6.70. The van der Waals surface area contributed by atoms with Gasteiger partial charge in [-0.3, -0.25) is 4.79 Å². The molecule has 0 unspecified atom stereocenters. The van der Waals surface area contributed by atoms with Crippen LogP contribution in [0.5, 0.6) is 0 Å². The predicted molar refractivity (Wildman–Crippen MR) is 64.2 cm³/mol. The standard InChI is InChI=1S/C11H15NO4S/c1-8-3-4-10(5-9(8)2)7-17(15,16)12-6-11(13)14/h3-5,12H,6-7H2,1-2H3,(H,13,14). The zero-order valence-electron chi connectivity index (χ0n) is 9.73. The fraction of sp³-hybridized carbons (Fsp3) is 0.364. The van der Waals surface area contributed by atoms with Gasteiger partial charge in [-0.05, 0) is 30.5 Å². The lowest BCUT2D eigenvalue weighted by Gasteiger charge is -2.07. The molecule has 0 saturated heterocycles. The molecule has 0 amide bonds. The quantitative estimate of drug-likeness (QED) is 0.817. The fourth-order valence-corrected chi connectivity index (χ4v) is 2.40. The van der Waals surface area contributed by atoms with E-state index in [1.807, 2.05) is 24.6 Å². The first kappa shape index (κ1) is 13.7. The highest BCUT2D eigenvalue weighted by Gasteiger charge is 2.13. The molecule has 2 N–H and O–H groups in total. The van der Waals surface area contributed by atoms with Crippen LogP contribution in [0.3, 0.4) is 0 Å². The molecule has 0 aliphatic heterocycles. The van der Waals surface area contributed by atoms with E-state index in [1.165, 1.54) is 0 Å². The molecule has 17 heavy (non-hydrogen) atoms. The van der Waals surface area contributed by atoms with Crippen molar-refractivity contribution >= 4 is 16.0 Å². The summed E-state index contributed by atoms with van der Waals surface area (Å²) >= 11 is 0. The summed E-state index contributed by atoms with van der Waals surface area (Å²) in [5.74, 6) is -1.41. The van der Waals surface area contributed by atoms with Gasteiger partial charge < -0.3 is 5.11 Å². The average molecular weight is 257 g/mol. The summed E-state index contributed by atoms with van der Waals surface area (Å²) in [5, 5.41) is 8.40. The number of carboxylic acid groups (broad SMARTS) is 1. The smallest absolute Gasteiger partial charge is 0.318 e. The van der Waals surface area contributed by atoms with E-state index in [0.29, 0.717) is 5.56 Å². The van der Waals surface area contributed by atoms with E-state index in [-0.39, 0.29) is 5.75 Å². The van der Waals surface area contributed by atoms with Crippen molar-refractivity contribution in [3.05, 3.63) is 34.9 Å². The molecule has 94 valence electrons. The molecular weight excluding hydrogens is 242 g/mol. The van der Waals surface area contributed by atoms with Crippen LogP contribution in [0.15, 0.2) is 18.2 Å². The number of hydrogen-bond acceptors (Lipinski definition) is 3. The van der Waals surface area contributed by atoms with E-state index in [9.17, 15) is 13.2 Å². The Labute approximate surface area is 101 Å². The normalized spacial score (nSPS) is 11.4. The van der Waals surface area contributed by atoms with Gasteiger partial charge in [0.2, 0.25) is 10.0 Å². The Hall–Kier alpha value is -1.40. The van der Waals surface area contributed by atoms with Gasteiger partial charge in [-0.25, -0.2) is 13.1 Å². The Balaban J connectivity index is 2.76. The van der Waals surface area contributed by atoms with Crippen LogP contribution in [-0.4, -0.2) is 26.0 Å². The maximum absolute atomic E-state index is 11.5. The van der Waals surface area contributed by atoms with Gasteiger partial charge in [-0.15, -0.1) is 0 Å². The van der Waals surface area contributed by atoms with Crippen LogP contribution >= 0.6 is 0 Å². The van der Waals surface area contributed by atoms with Gasteiger partial charge in [-0.2, -0.15) is 0 Å². The molecule has 0 aliphatic carbocycles. The van der Waals surface area contributed by atoms with E-state index in [4.69, 9.17) is 5.11 Å². The summed E-state index contributed by atoms with van der Waals surface area (Å²) < 4.78 is 25.1. The van der Waals surface area contributed by atoms with E-state index < -0.39 is 22.5 Å².